The molecule has 0 fully saturated rings. The standard InChI is InChI=1S/C16H23NO4/c1-5-20-14(18)16(12(3)4,15(19)21-6-2)11-13-7-9-17-10-8-13/h7-10,12H,5-6,11H2,1-4H3. The van der Waals surface area contributed by atoms with Gasteiger partial charge in [0.2, 0.25) is 0 Å². The molecule has 0 amide bonds. The molecule has 1 heterocycles. The molecule has 5 heteroatoms. The Labute approximate surface area is 125 Å². The van der Waals surface area contributed by atoms with Crippen LogP contribution in [0.3, 0.4) is 0 Å². The number of ether oxygens (including phenoxy) is 2. The summed E-state index contributed by atoms with van der Waals surface area (Å²) in [7, 11) is 0. The van der Waals surface area contributed by atoms with E-state index in [-0.39, 0.29) is 25.6 Å². The minimum absolute atomic E-state index is 0.225. The van der Waals surface area contributed by atoms with Crippen molar-refractivity contribution in [3.05, 3.63) is 30.1 Å². The van der Waals surface area contributed by atoms with Crippen LogP contribution in [0.5, 0.6) is 0 Å². The number of hydrogen-bond acceptors (Lipinski definition) is 5. The molecule has 1 aromatic heterocycles. The second-order valence-electron chi connectivity index (χ2n) is 5.10. The third-order valence-electron chi connectivity index (χ3n) is 3.50. The molecule has 0 aliphatic rings. The van der Waals surface area contributed by atoms with E-state index >= 15 is 0 Å². The molecule has 5 nitrogen and oxygen atoms in total. The first-order valence-corrected chi connectivity index (χ1v) is 7.22. The van der Waals surface area contributed by atoms with E-state index in [4.69, 9.17) is 9.47 Å². The van der Waals surface area contributed by atoms with E-state index in [0.29, 0.717) is 0 Å². The smallest absolute Gasteiger partial charge is 0.324 e. The highest BCUT2D eigenvalue weighted by Gasteiger charge is 2.51. The van der Waals surface area contributed by atoms with Gasteiger partial charge in [0.15, 0.2) is 5.41 Å². The van der Waals surface area contributed by atoms with Gasteiger partial charge in [-0.1, -0.05) is 13.8 Å². The number of carbonyl (C=O) groups excluding carboxylic acids is 2. The van der Waals surface area contributed by atoms with E-state index in [9.17, 15) is 9.59 Å². The van der Waals surface area contributed by atoms with Crippen molar-refractivity contribution >= 4 is 11.9 Å². The monoisotopic (exact) mass is 293 g/mol. The van der Waals surface area contributed by atoms with Crippen LogP contribution in [0.4, 0.5) is 0 Å². The molecule has 0 radical (unpaired) electrons. The molecule has 0 atom stereocenters. The summed E-state index contributed by atoms with van der Waals surface area (Å²) in [6.45, 7) is 7.55. The van der Waals surface area contributed by atoms with Crippen LogP contribution >= 0.6 is 0 Å². The van der Waals surface area contributed by atoms with Crippen molar-refractivity contribution in [1.29, 1.82) is 0 Å². The average molecular weight is 293 g/mol. The first-order chi connectivity index (χ1) is 9.98. The molecule has 1 rings (SSSR count). The summed E-state index contributed by atoms with van der Waals surface area (Å²) in [6, 6.07) is 3.57. The van der Waals surface area contributed by atoms with Crippen LogP contribution in [0.15, 0.2) is 24.5 Å². The first-order valence-electron chi connectivity index (χ1n) is 7.22. The lowest BCUT2D eigenvalue weighted by Crippen LogP contribution is -2.48. The fraction of sp³-hybridized carbons (Fsp3) is 0.562. The maximum Gasteiger partial charge on any atom is 0.324 e. The number of carbonyl (C=O) groups is 2. The Bertz CT molecular complexity index is 452. The molecule has 0 N–H and O–H groups in total. The van der Waals surface area contributed by atoms with Crippen molar-refractivity contribution in [2.45, 2.75) is 34.1 Å². The molecule has 0 saturated heterocycles. The topological polar surface area (TPSA) is 65.5 Å². The van der Waals surface area contributed by atoms with E-state index in [1.165, 1.54) is 0 Å². The molecule has 0 aromatic carbocycles. The summed E-state index contributed by atoms with van der Waals surface area (Å²) in [5.41, 5.74) is -0.479. The van der Waals surface area contributed by atoms with Crippen molar-refractivity contribution in [3.63, 3.8) is 0 Å². The number of hydrogen-bond donors (Lipinski definition) is 0. The summed E-state index contributed by atoms with van der Waals surface area (Å²) in [5.74, 6) is -1.31. The molecule has 1 aromatic rings. The fourth-order valence-electron chi connectivity index (χ4n) is 2.25. The number of nitrogens with zero attached hydrogens (tertiary/aromatic N) is 1. The first kappa shape index (κ1) is 17.1. The van der Waals surface area contributed by atoms with Gasteiger partial charge in [-0.2, -0.15) is 0 Å². The lowest BCUT2D eigenvalue weighted by Gasteiger charge is -2.32. The number of pyridine rings is 1. The van der Waals surface area contributed by atoms with Gasteiger partial charge in [0.05, 0.1) is 13.2 Å². The predicted octanol–water partition coefficient (Wildman–Crippen LogP) is 2.39. The minimum Gasteiger partial charge on any atom is -0.465 e. The molecule has 21 heavy (non-hydrogen) atoms. The van der Waals surface area contributed by atoms with Crippen LogP contribution in [0.2, 0.25) is 0 Å². The highest BCUT2D eigenvalue weighted by molar-refractivity contribution is 6.00. The van der Waals surface area contributed by atoms with E-state index in [1.807, 2.05) is 13.8 Å². The van der Waals surface area contributed by atoms with Gasteiger partial charge in [-0.25, -0.2) is 0 Å². The van der Waals surface area contributed by atoms with Crippen molar-refractivity contribution < 1.29 is 19.1 Å². The van der Waals surface area contributed by atoms with Crippen LogP contribution in [0.25, 0.3) is 0 Å². The SMILES string of the molecule is CCOC(=O)C(Cc1ccncc1)(C(=O)OCC)C(C)C. The lowest BCUT2D eigenvalue weighted by molar-refractivity contribution is -0.176. The zero-order valence-corrected chi connectivity index (χ0v) is 13.1. The highest BCUT2D eigenvalue weighted by atomic mass is 16.6. The normalized spacial score (nSPS) is 11.3. The molecule has 0 spiro atoms. The van der Waals surface area contributed by atoms with Gasteiger partial charge in [-0.15, -0.1) is 0 Å². The Morgan fingerprint density at radius 2 is 1.57 bits per heavy atom. The third-order valence-corrected chi connectivity index (χ3v) is 3.50. The molecule has 116 valence electrons. The summed E-state index contributed by atoms with van der Waals surface area (Å²) in [6.07, 6.45) is 3.51. The Balaban J connectivity index is 3.23. The number of aromatic nitrogens is 1. The number of esters is 2. The second-order valence-corrected chi connectivity index (χ2v) is 5.10. The van der Waals surface area contributed by atoms with Gasteiger partial charge in [0, 0.05) is 12.4 Å². The average Bonchev–Trinajstić information content (AvgIpc) is 2.45. The maximum atomic E-state index is 12.5. The minimum atomic E-state index is -1.33. The van der Waals surface area contributed by atoms with Crippen LogP contribution in [-0.2, 0) is 25.5 Å². The van der Waals surface area contributed by atoms with Crippen molar-refractivity contribution in [2.24, 2.45) is 11.3 Å². The molecule has 0 aliphatic carbocycles. The molecule has 0 bridgehead atoms. The van der Waals surface area contributed by atoms with Gasteiger partial charge in [-0.3, -0.25) is 14.6 Å². The van der Waals surface area contributed by atoms with Gasteiger partial charge in [0.25, 0.3) is 0 Å². The van der Waals surface area contributed by atoms with E-state index in [1.54, 1.807) is 38.4 Å². The van der Waals surface area contributed by atoms with Crippen LogP contribution in [-0.4, -0.2) is 30.1 Å². The van der Waals surface area contributed by atoms with Crippen molar-refractivity contribution in [1.82, 2.24) is 4.98 Å². The molecule has 0 saturated carbocycles. The Kier molecular flexibility index (Phi) is 6.34. The van der Waals surface area contributed by atoms with Crippen molar-refractivity contribution in [3.8, 4) is 0 Å². The Morgan fingerprint density at radius 1 is 1.10 bits per heavy atom. The Morgan fingerprint density at radius 3 is 1.95 bits per heavy atom. The molecule has 0 aliphatic heterocycles. The van der Waals surface area contributed by atoms with E-state index in [2.05, 4.69) is 4.98 Å². The molecule has 0 unspecified atom stereocenters. The predicted molar refractivity (Wildman–Crippen MR) is 78.5 cm³/mol. The molecular weight excluding hydrogens is 270 g/mol. The van der Waals surface area contributed by atoms with Crippen LogP contribution in [0, 0.1) is 11.3 Å². The van der Waals surface area contributed by atoms with Crippen LogP contribution < -0.4 is 0 Å². The zero-order chi connectivity index (χ0) is 15.9. The van der Waals surface area contributed by atoms with Crippen LogP contribution in [0.1, 0.15) is 33.3 Å². The van der Waals surface area contributed by atoms with Gasteiger partial charge in [-0.05, 0) is 43.9 Å². The largest absolute Gasteiger partial charge is 0.465 e. The quantitative estimate of drug-likeness (QED) is 0.570. The van der Waals surface area contributed by atoms with E-state index < -0.39 is 17.4 Å². The summed E-state index contributed by atoms with van der Waals surface area (Å²) in [4.78, 5) is 28.9. The highest BCUT2D eigenvalue weighted by Crippen LogP contribution is 2.35. The third kappa shape index (κ3) is 3.80. The maximum absolute atomic E-state index is 12.5. The fourth-order valence-corrected chi connectivity index (χ4v) is 2.25. The van der Waals surface area contributed by atoms with Crippen molar-refractivity contribution in [2.75, 3.05) is 13.2 Å². The van der Waals surface area contributed by atoms with E-state index in [0.717, 1.165) is 5.56 Å². The van der Waals surface area contributed by atoms with Gasteiger partial charge in [0.1, 0.15) is 0 Å². The summed E-state index contributed by atoms with van der Waals surface area (Å²) >= 11 is 0. The zero-order valence-electron chi connectivity index (χ0n) is 13.1. The summed E-state index contributed by atoms with van der Waals surface area (Å²) < 4.78 is 10.3. The Hall–Kier alpha value is -1.91. The van der Waals surface area contributed by atoms with Gasteiger partial charge < -0.3 is 9.47 Å². The second kappa shape index (κ2) is 7.76. The molecular formula is C16H23NO4. The lowest BCUT2D eigenvalue weighted by atomic mass is 9.72. The van der Waals surface area contributed by atoms with Gasteiger partial charge >= 0.3 is 11.9 Å². The summed E-state index contributed by atoms with van der Waals surface area (Å²) in [5, 5.41) is 0. The number of rotatable bonds is 7.